The largest absolute Gasteiger partial charge is 0.462 e. The molecule has 0 N–H and O–H groups in total. The van der Waals surface area contributed by atoms with Gasteiger partial charge in [0.2, 0.25) is 0 Å². The Labute approximate surface area is 90.7 Å². The lowest BCUT2D eigenvalue weighted by molar-refractivity contribution is 0.0493. The van der Waals surface area contributed by atoms with Crippen molar-refractivity contribution in [3.05, 3.63) is 35.9 Å². The average Bonchev–Trinajstić information content (AvgIpc) is 2.25. The summed E-state index contributed by atoms with van der Waals surface area (Å²) in [5, 5.41) is 0. The van der Waals surface area contributed by atoms with Crippen LogP contribution in [0.2, 0.25) is 0 Å². The van der Waals surface area contributed by atoms with Crippen LogP contribution < -0.4 is 0 Å². The summed E-state index contributed by atoms with van der Waals surface area (Å²) in [7, 11) is 3.99. The molecule has 0 aliphatic rings. The predicted octanol–water partition coefficient (Wildman–Crippen LogP) is 1.60. The first-order valence-electron chi connectivity index (χ1n) is 4.98. The molecule has 81 valence electrons. The van der Waals surface area contributed by atoms with Crippen LogP contribution in [0.1, 0.15) is 16.8 Å². The van der Waals surface area contributed by atoms with Crippen molar-refractivity contribution < 1.29 is 9.53 Å². The Morgan fingerprint density at radius 3 is 2.87 bits per heavy atom. The number of nitrogens with zero attached hydrogens (tertiary/aromatic N) is 1. The molecular formula is C12H16NO2. The van der Waals surface area contributed by atoms with Crippen molar-refractivity contribution >= 4 is 5.97 Å². The van der Waals surface area contributed by atoms with Crippen LogP contribution in [0.3, 0.4) is 0 Å². The molecule has 0 amide bonds. The lowest BCUT2D eigenvalue weighted by Crippen LogP contribution is -2.16. The summed E-state index contributed by atoms with van der Waals surface area (Å²) in [5.41, 5.74) is 0.488. The quantitative estimate of drug-likeness (QED) is 0.541. The van der Waals surface area contributed by atoms with Gasteiger partial charge in [-0.3, -0.25) is 0 Å². The fourth-order valence-electron chi connectivity index (χ4n) is 1.14. The van der Waals surface area contributed by atoms with E-state index >= 15 is 0 Å². The van der Waals surface area contributed by atoms with Crippen molar-refractivity contribution in [1.82, 2.24) is 4.90 Å². The smallest absolute Gasteiger partial charge is 0.338 e. The van der Waals surface area contributed by atoms with E-state index in [1.54, 1.807) is 18.2 Å². The summed E-state index contributed by atoms with van der Waals surface area (Å²) in [5.74, 6) is -0.297. The molecule has 1 aromatic carbocycles. The number of ether oxygens (including phenoxy) is 1. The molecule has 15 heavy (non-hydrogen) atoms. The average molecular weight is 206 g/mol. The topological polar surface area (TPSA) is 29.5 Å². The van der Waals surface area contributed by atoms with E-state index in [-0.39, 0.29) is 5.97 Å². The van der Waals surface area contributed by atoms with E-state index < -0.39 is 0 Å². The minimum absolute atomic E-state index is 0.297. The molecule has 0 spiro atoms. The third-order valence-corrected chi connectivity index (χ3v) is 1.91. The van der Waals surface area contributed by atoms with Gasteiger partial charge in [-0.2, -0.15) is 0 Å². The number of carbonyl (C=O) groups is 1. The Morgan fingerprint density at radius 1 is 1.47 bits per heavy atom. The van der Waals surface area contributed by atoms with Crippen LogP contribution in [0.15, 0.2) is 24.3 Å². The molecule has 1 aromatic rings. The first kappa shape index (κ1) is 11.7. The van der Waals surface area contributed by atoms with E-state index in [0.29, 0.717) is 12.2 Å². The van der Waals surface area contributed by atoms with Crippen LogP contribution in [0.25, 0.3) is 0 Å². The molecule has 3 heteroatoms. The van der Waals surface area contributed by atoms with Crippen LogP contribution in [0.5, 0.6) is 0 Å². The third-order valence-electron chi connectivity index (χ3n) is 1.91. The van der Waals surface area contributed by atoms with Gasteiger partial charge in [0.1, 0.15) is 0 Å². The highest BCUT2D eigenvalue weighted by Gasteiger charge is 2.05. The summed E-state index contributed by atoms with van der Waals surface area (Å²) >= 11 is 0. The highest BCUT2D eigenvalue weighted by atomic mass is 16.5. The number of hydrogen-bond acceptors (Lipinski definition) is 3. The summed E-state index contributed by atoms with van der Waals surface area (Å²) < 4.78 is 5.08. The molecule has 1 rings (SSSR count). The van der Waals surface area contributed by atoms with E-state index in [9.17, 15) is 4.79 Å². The van der Waals surface area contributed by atoms with Crippen molar-refractivity contribution in [2.75, 3.05) is 27.2 Å². The second kappa shape index (κ2) is 6.19. The molecule has 0 aliphatic heterocycles. The van der Waals surface area contributed by atoms with Crippen LogP contribution >= 0.6 is 0 Å². The molecule has 0 saturated carbocycles. The zero-order valence-corrected chi connectivity index (χ0v) is 9.19. The maximum absolute atomic E-state index is 11.4. The van der Waals surface area contributed by atoms with E-state index in [4.69, 9.17) is 4.74 Å². The number of benzene rings is 1. The Hall–Kier alpha value is -1.35. The van der Waals surface area contributed by atoms with Crippen molar-refractivity contribution in [3.8, 4) is 0 Å². The predicted molar refractivity (Wildman–Crippen MR) is 58.7 cm³/mol. The van der Waals surface area contributed by atoms with E-state index in [2.05, 4.69) is 11.0 Å². The highest BCUT2D eigenvalue weighted by Crippen LogP contribution is 2.00. The monoisotopic (exact) mass is 206 g/mol. The normalized spacial score (nSPS) is 10.3. The summed E-state index contributed by atoms with van der Waals surface area (Å²) in [6.45, 7) is 1.38. The molecule has 0 saturated heterocycles. The van der Waals surface area contributed by atoms with Crippen molar-refractivity contribution in [3.63, 3.8) is 0 Å². The summed E-state index contributed by atoms with van der Waals surface area (Å²) in [6, 6.07) is 9.86. The minimum Gasteiger partial charge on any atom is -0.462 e. The molecule has 0 fully saturated rings. The second-order valence-corrected chi connectivity index (χ2v) is 3.57. The Morgan fingerprint density at radius 2 is 2.27 bits per heavy atom. The first-order chi connectivity index (χ1) is 7.20. The van der Waals surface area contributed by atoms with Gasteiger partial charge in [0.25, 0.3) is 0 Å². The van der Waals surface area contributed by atoms with E-state index in [0.717, 1.165) is 13.0 Å². The second-order valence-electron chi connectivity index (χ2n) is 3.57. The van der Waals surface area contributed by atoms with Gasteiger partial charge < -0.3 is 9.64 Å². The standard InChI is InChI=1S/C12H16NO2/c1-13(2)9-6-10-15-12(14)11-7-4-3-5-8-11/h3-5,7H,6,9-10H2,1-2H3. The minimum atomic E-state index is -0.297. The van der Waals surface area contributed by atoms with Gasteiger partial charge in [0.05, 0.1) is 12.2 Å². The van der Waals surface area contributed by atoms with Gasteiger partial charge in [0.15, 0.2) is 0 Å². The van der Waals surface area contributed by atoms with Crippen molar-refractivity contribution in [2.24, 2.45) is 0 Å². The molecule has 0 heterocycles. The highest BCUT2D eigenvalue weighted by molar-refractivity contribution is 5.88. The fourth-order valence-corrected chi connectivity index (χ4v) is 1.14. The van der Waals surface area contributed by atoms with Gasteiger partial charge in [-0.25, -0.2) is 4.79 Å². The van der Waals surface area contributed by atoms with Crippen LogP contribution in [-0.4, -0.2) is 38.1 Å². The van der Waals surface area contributed by atoms with Gasteiger partial charge in [-0.15, -0.1) is 0 Å². The SMILES string of the molecule is CN(C)CCCOC(=O)c1[c]cccc1. The van der Waals surface area contributed by atoms with Crippen LogP contribution in [0.4, 0.5) is 0 Å². The van der Waals surface area contributed by atoms with Crippen molar-refractivity contribution in [2.45, 2.75) is 6.42 Å². The van der Waals surface area contributed by atoms with E-state index in [1.807, 2.05) is 20.2 Å². The molecule has 3 nitrogen and oxygen atoms in total. The zero-order valence-electron chi connectivity index (χ0n) is 9.19. The van der Waals surface area contributed by atoms with Crippen LogP contribution in [0, 0.1) is 6.07 Å². The molecule has 0 bridgehead atoms. The maximum Gasteiger partial charge on any atom is 0.338 e. The van der Waals surface area contributed by atoms with Gasteiger partial charge >= 0.3 is 5.97 Å². The number of esters is 1. The maximum atomic E-state index is 11.4. The van der Waals surface area contributed by atoms with Gasteiger partial charge in [-0.05, 0) is 32.6 Å². The molecule has 1 radical (unpaired) electrons. The lowest BCUT2D eigenvalue weighted by Gasteiger charge is -2.09. The molecule has 0 unspecified atom stereocenters. The molecule has 0 atom stereocenters. The Balaban J connectivity index is 2.25. The van der Waals surface area contributed by atoms with Gasteiger partial charge in [-0.1, -0.05) is 18.2 Å². The fraction of sp³-hybridized carbons (Fsp3) is 0.417. The van der Waals surface area contributed by atoms with Gasteiger partial charge in [0, 0.05) is 6.54 Å². The lowest BCUT2D eigenvalue weighted by atomic mass is 10.2. The number of hydrogen-bond donors (Lipinski definition) is 0. The first-order valence-corrected chi connectivity index (χ1v) is 4.98. The third kappa shape index (κ3) is 4.61. The Kier molecular flexibility index (Phi) is 4.84. The summed E-state index contributed by atoms with van der Waals surface area (Å²) in [4.78, 5) is 13.5. The zero-order chi connectivity index (χ0) is 11.1. The molecule has 0 aliphatic carbocycles. The van der Waals surface area contributed by atoms with E-state index in [1.165, 1.54) is 0 Å². The molecular weight excluding hydrogens is 190 g/mol. The van der Waals surface area contributed by atoms with Crippen LogP contribution in [-0.2, 0) is 4.74 Å². The number of rotatable bonds is 5. The van der Waals surface area contributed by atoms with Crippen molar-refractivity contribution in [1.29, 1.82) is 0 Å². The summed E-state index contributed by atoms with van der Waals surface area (Å²) in [6.07, 6.45) is 0.853. The molecule has 0 aromatic heterocycles. The Bertz CT molecular complexity index is 296. The number of carbonyl (C=O) groups excluding carboxylic acids is 1.